The molecule has 3 aliphatic rings. The number of aromatic nitrogens is 2. The Morgan fingerprint density at radius 3 is 2.73 bits per heavy atom. The molecular weight excluding hydrogens is 374 g/mol. The minimum atomic E-state index is 0.436. The van der Waals surface area contributed by atoms with Crippen LogP contribution in [-0.4, -0.2) is 52.7 Å². The average molecular weight is 406 g/mol. The van der Waals surface area contributed by atoms with Crippen LogP contribution >= 0.6 is 0 Å². The second kappa shape index (κ2) is 7.67. The van der Waals surface area contributed by atoms with Gasteiger partial charge in [0.2, 0.25) is 0 Å². The number of likely N-dealkylation sites (tertiary alicyclic amines) is 1. The second-order valence-corrected chi connectivity index (χ2v) is 9.15. The van der Waals surface area contributed by atoms with Gasteiger partial charge < -0.3 is 10.5 Å². The Balaban J connectivity index is 1.38. The summed E-state index contributed by atoms with van der Waals surface area (Å²) in [5.74, 6) is 1.35. The highest BCUT2D eigenvalue weighted by Crippen LogP contribution is 2.43. The molecule has 2 fully saturated rings. The van der Waals surface area contributed by atoms with Gasteiger partial charge in [-0.2, -0.15) is 5.10 Å². The van der Waals surface area contributed by atoms with Crippen LogP contribution in [0.25, 0.3) is 5.57 Å². The number of rotatable bonds is 4. The summed E-state index contributed by atoms with van der Waals surface area (Å²) < 4.78 is 7.27. The Morgan fingerprint density at radius 2 is 2.03 bits per heavy atom. The maximum absolute atomic E-state index is 8.66. The van der Waals surface area contributed by atoms with Gasteiger partial charge in [-0.15, -0.1) is 0 Å². The van der Waals surface area contributed by atoms with Crippen molar-refractivity contribution in [2.24, 2.45) is 18.9 Å². The van der Waals surface area contributed by atoms with E-state index in [1.165, 1.54) is 42.6 Å². The number of aryl methyl sites for hydroxylation is 2. The minimum absolute atomic E-state index is 0.436. The van der Waals surface area contributed by atoms with Crippen molar-refractivity contribution in [3.05, 3.63) is 52.9 Å². The summed E-state index contributed by atoms with van der Waals surface area (Å²) in [6, 6.07) is 4.85. The molecule has 2 aliphatic heterocycles. The molecule has 0 radical (unpaired) electrons. The lowest BCUT2D eigenvalue weighted by molar-refractivity contribution is 0.0406. The third kappa shape index (κ3) is 3.48. The van der Waals surface area contributed by atoms with Crippen molar-refractivity contribution in [3.63, 3.8) is 0 Å². The summed E-state index contributed by atoms with van der Waals surface area (Å²) in [7, 11) is 1.87. The monoisotopic (exact) mass is 405 g/mol. The molecule has 158 valence electrons. The molecule has 3 N–H and O–H groups in total. The highest BCUT2D eigenvalue weighted by molar-refractivity contribution is 6.14. The van der Waals surface area contributed by atoms with Gasteiger partial charge in [-0.25, -0.2) is 0 Å². The lowest BCUT2D eigenvalue weighted by Crippen LogP contribution is -2.38. The molecule has 2 atom stereocenters. The average Bonchev–Trinajstić information content (AvgIpc) is 3.43. The van der Waals surface area contributed by atoms with Crippen LogP contribution in [0.4, 0.5) is 5.69 Å². The van der Waals surface area contributed by atoms with E-state index < -0.39 is 0 Å². The normalized spacial score (nSPS) is 24.8. The van der Waals surface area contributed by atoms with Crippen molar-refractivity contribution >= 4 is 17.0 Å². The van der Waals surface area contributed by atoms with Gasteiger partial charge in [0.15, 0.2) is 0 Å². The van der Waals surface area contributed by atoms with Gasteiger partial charge in [-0.3, -0.25) is 15.0 Å². The van der Waals surface area contributed by atoms with Gasteiger partial charge >= 0.3 is 0 Å². The van der Waals surface area contributed by atoms with Gasteiger partial charge in [-0.1, -0.05) is 6.08 Å². The molecule has 0 bridgehead atoms. The fourth-order valence-corrected chi connectivity index (χ4v) is 5.49. The Hall–Kier alpha value is -2.44. The Bertz CT molecular complexity index is 1000. The van der Waals surface area contributed by atoms with E-state index in [0.29, 0.717) is 29.3 Å². The molecule has 0 spiro atoms. The first-order valence-corrected chi connectivity index (χ1v) is 11.0. The van der Waals surface area contributed by atoms with E-state index in [0.717, 1.165) is 30.8 Å². The minimum Gasteiger partial charge on any atom is -0.398 e. The topological polar surface area (TPSA) is 80.2 Å². The van der Waals surface area contributed by atoms with E-state index >= 15 is 0 Å². The van der Waals surface area contributed by atoms with E-state index in [4.69, 9.17) is 15.9 Å². The number of nitrogens with one attached hydrogen (secondary N) is 1. The number of benzene rings is 1. The fraction of sp³-hybridized carbons (Fsp3) is 0.500. The van der Waals surface area contributed by atoms with Crippen LogP contribution in [0.5, 0.6) is 0 Å². The van der Waals surface area contributed by atoms with Crippen molar-refractivity contribution in [3.8, 4) is 0 Å². The number of hydrogen-bond acceptors (Lipinski definition) is 5. The molecule has 2 saturated heterocycles. The molecule has 1 aromatic heterocycles. The summed E-state index contributed by atoms with van der Waals surface area (Å²) in [6.45, 7) is 6.32. The number of nitrogens with zero attached hydrogens (tertiary/aromatic N) is 3. The van der Waals surface area contributed by atoms with Crippen LogP contribution in [0.15, 0.2) is 30.6 Å². The van der Waals surface area contributed by atoms with E-state index in [1.807, 2.05) is 19.3 Å². The van der Waals surface area contributed by atoms with Crippen molar-refractivity contribution in [2.75, 3.05) is 32.0 Å². The number of nitrogens with two attached hydrogens (primary N) is 1. The maximum Gasteiger partial charge on any atom is 0.0736 e. The predicted molar refractivity (Wildman–Crippen MR) is 120 cm³/mol. The Labute approximate surface area is 178 Å². The molecule has 5 rings (SSSR count). The van der Waals surface area contributed by atoms with Gasteiger partial charge in [0.05, 0.1) is 11.9 Å². The van der Waals surface area contributed by atoms with Crippen LogP contribution in [0.2, 0.25) is 0 Å². The zero-order chi connectivity index (χ0) is 20.8. The number of fused-ring (bicyclic) bond motifs is 1. The van der Waals surface area contributed by atoms with E-state index in [9.17, 15) is 0 Å². The number of hydrogen-bond donors (Lipinski definition) is 2. The summed E-state index contributed by atoms with van der Waals surface area (Å²) >= 11 is 0. The summed E-state index contributed by atoms with van der Waals surface area (Å²) in [5.41, 5.74) is 12.9. The first-order chi connectivity index (χ1) is 14.5. The first kappa shape index (κ1) is 19.5. The van der Waals surface area contributed by atoms with Gasteiger partial charge in [0.25, 0.3) is 0 Å². The largest absolute Gasteiger partial charge is 0.398 e. The Kier molecular flexibility index (Phi) is 4.99. The van der Waals surface area contributed by atoms with Crippen LogP contribution in [-0.2, 0) is 11.8 Å². The highest BCUT2D eigenvalue weighted by Gasteiger charge is 2.39. The van der Waals surface area contributed by atoms with Crippen molar-refractivity contribution in [2.45, 2.75) is 32.2 Å². The van der Waals surface area contributed by atoms with Crippen LogP contribution in [0.1, 0.15) is 41.5 Å². The molecular formula is C24H31N5O. The molecule has 30 heavy (non-hydrogen) atoms. The lowest BCUT2D eigenvalue weighted by atomic mass is 9.92. The summed E-state index contributed by atoms with van der Waals surface area (Å²) in [6.07, 6.45) is 9.56. The standard InChI is InChI=1S/C24H31N5O/c1-15-7-23(25)22(24(26)19-11-27-28(2)12-19)10-21(15)16-8-17-13-29(14-18(17)9-16)20-3-5-30-6-4-20/h7-8,10-12,17-18,20,26H,3-6,9,13-14,25H2,1-2H3/t17-,18+/m1/s1. The van der Waals surface area contributed by atoms with E-state index in [-0.39, 0.29) is 0 Å². The van der Waals surface area contributed by atoms with Crippen LogP contribution < -0.4 is 5.73 Å². The van der Waals surface area contributed by atoms with Gasteiger partial charge in [-0.05, 0) is 66.9 Å². The zero-order valence-electron chi connectivity index (χ0n) is 17.9. The summed E-state index contributed by atoms with van der Waals surface area (Å²) in [5, 5.41) is 12.9. The molecule has 0 saturated carbocycles. The zero-order valence-corrected chi connectivity index (χ0v) is 17.9. The number of nitrogen functional groups attached to an aromatic ring is 1. The second-order valence-electron chi connectivity index (χ2n) is 9.15. The number of allylic oxidation sites excluding steroid dienone is 1. The van der Waals surface area contributed by atoms with Crippen LogP contribution in [0, 0.1) is 24.2 Å². The van der Waals surface area contributed by atoms with Crippen LogP contribution in [0.3, 0.4) is 0 Å². The van der Waals surface area contributed by atoms with Crippen molar-refractivity contribution < 1.29 is 4.74 Å². The smallest absolute Gasteiger partial charge is 0.0736 e. The van der Waals surface area contributed by atoms with Gasteiger partial charge in [0, 0.05) is 62.4 Å². The fourth-order valence-electron chi connectivity index (χ4n) is 5.49. The Morgan fingerprint density at radius 1 is 1.23 bits per heavy atom. The molecule has 0 unspecified atom stereocenters. The molecule has 1 aliphatic carbocycles. The summed E-state index contributed by atoms with van der Waals surface area (Å²) in [4.78, 5) is 2.70. The molecule has 6 heteroatoms. The third-order valence-electron chi connectivity index (χ3n) is 7.13. The van der Waals surface area contributed by atoms with Crippen molar-refractivity contribution in [1.29, 1.82) is 5.41 Å². The quantitative estimate of drug-likeness (QED) is 0.604. The first-order valence-electron chi connectivity index (χ1n) is 11.0. The molecule has 1 aromatic carbocycles. The van der Waals surface area contributed by atoms with Crippen molar-refractivity contribution in [1.82, 2.24) is 14.7 Å². The SMILES string of the molecule is Cc1cc(N)c(C(=N)c2cnn(C)c2)cc1C1=C[C@@H]2CN(C3CCOCC3)C[C@@H]2C1. The maximum atomic E-state index is 8.66. The molecule has 2 aromatic rings. The van der Waals surface area contributed by atoms with Gasteiger partial charge in [0.1, 0.15) is 0 Å². The van der Waals surface area contributed by atoms with E-state index in [2.05, 4.69) is 29.1 Å². The molecule has 6 nitrogen and oxygen atoms in total. The molecule has 3 heterocycles. The molecule has 0 amide bonds. The predicted octanol–water partition coefficient (Wildman–Crippen LogP) is 3.24. The lowest BCUT2D eigenvalue weighted by Gasteiger charge is -2.31. The number of ether oxygens (including phenoxy) is 1. The number of anilines is 1. The highest BCUT2D eigenvalue weighted by atomic mass is 16.5. The van der Waals surface area contributed by atoms with E-state index in [1.54, 1.807) is 10.9 Å². The third-order valence-corrected chi connectivity index (χ3v) is 7.13.